The van der Waals surface area contributed by atoms with Crippen molar-refractivity contribution in [1.82, 2.24) is 10.2 Å². The number of aromatic nitrogens is 2. The Hall–Kier alpha value is -2.54. The van der Waals surface area contributed by atoms with Crippen molar-refractivity contribution >= 4 is 33.3 Å². The highest BCUT2D eigenvalue weighted by atomic mass is 32.1. The van der Waals surface area contributed by atoms with Gasteiger partial charge in [-0.3, -0.25) is 14.9 Å². The fourth-order valence-corrected chi connectivity index (χ4v) is 2.50. The van der Waals surface area contributed by atoms with Crippen LogP contribution in [-0.4, -0.2) is 16.1 Å². The van der Waals surface area contributed by atoms with E-state index in [1.54, 1.807) is 24.3 Å². The van der Waals surface area contributed by atoms with Gasteiger partial charge in [0.15, 0.2) is 11.2 Å². The minimum Gasteiger partial charge on any atom is -0.451 e. The molecule has 2 heterocycles. The Balaban J connectivity index is 1.92. The van der Waals surface area contributed by atoms with E-state index in [0.717, 1.165) is 11.4 Å². The van der Waals surface area contributed by atoms with Crippen molar-refractivity contribution in [3.8, 4) is 0 Å². The van der Waals surface area contributed by atoms with Crippen LogP contribution >= 0.6 is 11.3 Å². The third kappa shape index (κ3) is 2.68. The molecule has 7 heteroatoms. The van der Waals surface area contributed by atoms with Gasteiger partial charge in [0.2, 0.25) is 5.13 Å². The van der Waals surface area contributed by atoms with Gasteiger partial charge in [0.05, 0.1) is 5.39 Å². The van der Waals surface area contributed by atoms with Gasteiger partial charge in [-0.2, -0.15) is 0 Å². The zero-order valence-electron chi connectivity index (χ0n) is 11.1. The fraction of sp³-hybridized carbons (Fsp3) is 0.143. The molecule has 1 amide bonds. The Bertz CT molecular complexity index is 869. The summed E-state index contributed by atoms with van der Waals surface area (Å²) in [6, 6.07) is 7.96. The van der Waals surface area contributed by atoms with Crippen LogP contribution in [-0.2, 0) is 6.42 Å². The molecule has 1 aromatic carbocycles. The SMILES string of the molecule is CCc1nnc(NC(=O)c2cc(=O)c3ccccc3o2)s1. The lowest BCUT2D eigenvalue weighted by Crippen LogP contribution is -2.14. The zero-order valence-corrected chi connectivity index (χ0v) is 11.9. The summed E-state index contributed by atoms with van der Waals surface area (Å²) in [6.45, 7) is 1.95. The largest absolute Gasteiger partial charge is 0.451 e. The first-order chi connectivity index (χ1) is 10.2. The topological polar surface area (TPSA) is 85.1 Å². The van der Waals surface area contributed by atoms with Crippen LogP contribution in [0.15, 0.2) is 39.5 Å². The number of anilines is 1. The average molecular weight is 301 g/mol. The Labute approximate surface area is 123 Å². The maximum absolute atomic E-state index is 12.1. The Morgan fingerprint density at radius 3 is 2.90 bits per heavy atom. The number of para-hydroxylation sites is 1. The lowest BCUT2D eigenvalue weighted by Gasteiger charge is -2.02. The van der Waals surface area contributed by atoms with Crippen molar-refractivity contribution in [3.05, 3.63) is 51.3 Å². The minimum absolute atomic E-state index is 0.0491. The molecule has 0 fully saturated rings. The number of hydrogen-bond donors (Lipinski definition) is 1. The number of carbonyl (C=O) groups is 1. The molecule has 2 aromatic heterocycles. The van der Waals surface area contributed by atoms with E-state index in [1.807, 2.05) is 6.92 Å². The van der Waals surface area contributed by atoms with Crippen LogP contribution in [0.4, 0.5) is 5.13 Å². The molecule has 0 aliphatic carbocycles. The lowest BCUT2D eigenvalue weighted by molar-refractivity contribution is 0.0997. The molecule has 21 heavy (non-hydrogen) atoms. The summed E-state index contributed by atoms with van der Waals surface area (Å²) < 4.78 is 5.45. The van der Waals surface area contributed by atoms with E-state index in [0.29, 0.717) is 16.1 Å². The first-order valence-electron chi connectivity index (χ1n) is 6.34. The van der Waals surface area contributed by atoms with Gasteiger partial charge in [-0.05, 0) is 18.6 Å². The van der Waals surface area contributed by atoms with Crippen molar-refractivity contribution in [1.29, 1.82) is 0 Å². The molecule has 0 saturated carbocycles. The summed E-state index contributed by atoms with van der Waals surface area (Å²) in [5.41, 5.74) is 0.121. The summed E-state index contributed by atoms with van der Waals surface area (Å²) in [5.74, 6) is -0.566. The van der Waals surface area contributed by atoms with Gasteiger partial charge in [-0.15, -0.1) is 10.2 Å². The molecular formula is C14H11N3O3S. The van der Waals surface area contributed by atoms with Gasteiger partial charge in [0.1, 0.15) is 10.6 Å². The number of carbonyl (C=O) groups excluding carboxylic acids is 1. The van der Waals surface area contributed by atoms with E-state index in [4.69, 9.17) is 4.42 Å². The summed E-state index contributed by atoms with van der Waals surface area (Å²) in [4.78, 5) is 24.0. The van der Waals surface area contributed by atoms with Crippen LogP contribution in [0, 0.1) is 0 Å². The van der Waals surface area contributed by atoms with E-state index in [-0.39, 0.29) is 11.2 Å². The van der Waals surface area contributed by atoms with Crippen LogP contribution in [0.3, 0.4) is 0 Å². The second-order valence-electron chi connectivity index (χ2n) is 4.28. The second-order valence-corrected chi connectivity index (χ2v) is 5.34. The van der Waals surface area contributed by atoms with E-state index in [2.05, 4.69) is 15.5 Å². The van der Waals surface area contributed by atoms with Gasteiger partial charge >= 0.3 is 0 Å². The molecule has 0 atom stereocenters. The van der Waals surface area contributed by atoms with Crippen LogP contribution in [0.2, 0.25) is 0 Å². The molecule has 0 unspecified atom stereocenters. The first-order valence-corrected chi connectivity index (χ1v) is 7.15. The van der Waals surface area contributed by atoms with Crippen LogP contribution in [0.5, 0.6) is 0 Å². The minimum atomic E-state index is -0.517. The number of benzene rings is 1. The second kappa shape index (κ2) is 5.45. The number of rotatable bonds is 3. The van der Waals surface area contributed by atoms with Crippen molar-refractivity contribution in [2.75, 3.05) is 5.32 Å². The molecule has 1 N–H and O–H groups in total. The van der Waals surface area contributed by atoms with Crippen molar-refractivity contribution in [2.45, 2.75) is 13.3 Å². The fourth-order valence-electron chi connectivity index (χ4n) is 1.82. The van der Waals surface area contributed by atoms with Crippen LogP contribution < -0.4 is 10.7 Å². The lowest BCUT2D eigenvalue weighted by atomic mass is 10.2. The number of fused-ring (bicyclic) bond motifs is 1. The maximum atomic E-state index is 12.1. The molecule has 106 valence electrons. The standard InChI is InChI=1S/C14H11N3O3S/c1-2-12-16-17-14(21-12)15-13(19)11-7-9(18)8-5-3-4-6-10(8)20-11/h3-7H,2H2,1H3,(H,15,17,19). The highest BCUT2D eigenvalue weighted by molar-refractivity contribution is 7.15. The molecule has 0 radical (unpaired) electrons. The quantitative estimate of drug-likeness (QED) is 0.803. The molecule has 3 aromatic rings. The van der Waals surface area contributed by atoms with Gasteiger partial charge in [-0.25, -0.2) is 0 Å². The summed E-state index contributed by atoms with van der Waals surface area (Å²) in [6.07, 6.45) is 0.749. The third-order valence-corrected chi connectivity index (χ3v) is 3.83. The number of aryl methyl sites for hydroxylation is 1. The van der Waals surface area contributed by atoms with Crippen molar-refractivity contribution in [3.63, 3.8) is 0 Å². The van der Waals surface area contributed by atoms with Crippen LogP contribution in [0.1, 0.15) is 22.5 Å². The third-order valence-electron chi connectivity index (χ3n) is 2.85. The monoisotopic (exact) mass is 301 g/mol. The number of nitrogens with one attached hydrogen (secondary N) is 1. The van der Waals surface area contributed by atoms with Gasteiger partial charge < -0.3 is 4.42 Å². The average Bonchev–Trinajstić information content (AvgIpc) is 2.95. The van der Waals surface area contributed by atoms with Crippen molar-refractivity contribution < 1.29 is 9.21 Å². The Morgan fingerprint density at radius 1 is 1.33 bits per heavy atom. The summed E-state index contributed by atoms with van der Waals surface area (Å²) in [5, 5.41) is 12.0. The van der Waals surface area contributed by atoms with Gasteiger partial charge in [0, 0.05) is 6.07 Å². The molecule has 0 saturated heterocycles. The maximum Gasteiger partial charge on any atom is 0.293 e. The first kappa shape index (κ1) is 13.4. The highest BCUT2D eigenvalue weighted by Crippen LogP contribution is 2.17. The van der Waals surface area contributed by atoms with E-state index < -0.39 is 5.91 Å². The molecule has 0 spiro atoms. The van der Waals surface area contributed by atoms with Crippen LogP contribution in [0.25, 0.3) is 11.0 Å². The predicted octanol–water partition coefficient (Wildman–Crippen LogP) is 2.46. The molecule has 0 aliphatic rings. The van der Waals surface area contributed by atoms with Gasteiger partial charge in [-0.1, -0.05) is 30.4 Å². The smallest absolute Gasteiger partial charge is 0.293 e. The molecular weight excluding hydrogens is 290 g/mol. The molecule has 0 aliphatic heterocycles. The van der Waals surface area contributed by atoms with Gasteiger partial charge in [0.25, 0.3) is 5.91 Å². The van der Waals surface area contributed by atoms with E-state index >= 15 is 0 Å². The predicted molar refractivity (Wildman–Crippen MR) is 79.7 cm³/mol. The summed E-state index contributed by atoms with van der Waals surface area (Å²) >= 11 is 1.29. The highest BCUT2D eigenvalue weighted by Gasteiger charge is 2.14. The zero-order chi connectivity index (χ0) is 14.8. The van der Waals surface area contributed by atoms with E-state index in [1.165, 1.54) is 17.4 Å². The Morgan fingerprint density at radius 2 is 2.14 bits per heavy atom. The number of amides is 1. The molecule has 3 rings (SSSR count). The Kier molecular flexibility index (Phi) is 3.49. The molecule has 6 nitrogen and oxygen atoms in total. The summed E-state index contributed by atoms with van der Waals surface area (Å²) in [7, 11) is 0. The normalized spacial score (nSPS) is 10.7. The number of hydrogen-bond acceptors (Lipinski definition) is 6. The molecule has 0 bridgehead atoms. The van der Waals surface area contributed by atoms with Crippen molar-refractivity contribution in [2.24, 2.45) is 0 Å². The number of nitrogens with zero attached hydrogens (tertiary/aromatic N) is 2. The van der Waals surface area contributed by atoms with E-state index in [9.17, 15) is 9.59 Å².